The van der Waals surface area contributed by atoms with Gasteiger partial charge < -0.3 is 31.9 Å². The SMILES string of the molecule is CCC(C)C(N)C(=O)NC(C(=O)NC(C(=O)NC(CC(C)C)C(=O)O)C(C)C)C(C)O. The van der Waals surface area contributed by atoms with Crippen molar-refractivity contribution in [2.45, 2.75) is 91.6 Å². The number of nitrogens with one attached hydrogen (secondary N) is 3. The summed E-state index contributed by atoms with van der Waals surface area (Å²) in [7, 11) is 0. The molecule has 0 spiro atoms. The zero-order valence-corrected chi connectivity index (χ0v) is 19.6. The summed E-state index contributed by atoms with van der Waals surface area (Å²) in [5, 5.41) is 26.8. The Balaban J connectivity index is 5.38. The molecule has 0 aromatic rings. The van der Waals surface area contributed by atoms with Gasteiger partial charge in [-0.2, -0.15) is 0 Å². The summed E-state index contributed by atoms with van der Waals surface area (Å²) >= 11 is 0. The van der Waals surface area contributed by atoms with Gasteiger partial charge in [-0.3, -0.25) is 14.4 Å². The van der Waals surface area contributed by atoms with Crippen LogP contribution in [0.5, 0.6) is 0 Å². The van der Waals surface area contributed by atoms with Crippen molar-refractivity contribution in [3.8, 4) is 0 Å². The monoisotopic (exact) mass is 444 g/mol. The molecule has 7 N–H and O–H groups in total. The van der Waals surface area contributed by atoms with Gasteiger partial charge in [0.2, 0.25) is 17.7 Å². The number of aliphatic hydroxyl groups is 1. The van der Waals surface area contributed by atoms with Crippen molar-refractivity contribution in [3.63, 3.8) is 0 Å². The van der Waals surface area contributed by atoms with Crippen molar-refractivity contribution in [1.82, 2.24) is 16.0 Å². The van der Waals surface area contributed by atoms with E-state index in [2.05, 4.69) is 16.0 Å². The third-order valence-corrected chi connectivity index (χ3v) is 5.19. The highest BCUT2D eigenvalue weighted by Crippen LogP contribution is 2.09. The van der Waals surface area contributed by atoms with Gasteiger partial charge in [0.15, 0.2) is 0 Å². The Morgan fingerprint density at radius 2 is 1.32 bits per heavy atom. The third-order valence-electron chi connectivity index (χ3n) is 5.19. The van der Waals surface area contributed by atoms with E-state index in [1.165, 1.54) is 6.92 Å². The van der Waals surface area contributed by atoms with Gasteiger partial charge in [0, 0.05) is 0 Å². The van der Waals surface area contributed by atoms with Crippen molar-refractivity contribution in [2.24, 2.45) is 23.5 Å². The van der Waals surface area contributed by atoms with E-state index in [1.807, 2.05) is 20.8 Å². The van der Waals surface area contributed by atoms with Crippen LogP contribution in [0.25, 0.3) is 0 Å². The minimum Gasteiger partial charge on any atom is -0.480 e. The van der Waals surface area contributed by atoms with Crippen LogP contribution < -0.4 is 21.7 Å². The number of hydrogen-bond donors (Lipinski definition) is 6. The second-order valence-electron chi connectivity index (χ2n) is 8.90. The van der Waals surface area contributed by atoms with Crippen molar-refractivity contribution in [2.75, 3.05) is 0 Å². The number of nitrogens with two attached hydrogens (primary N) is 1. The topological polar surface area (TPSA) is 171 Å². The molecule has 0 saturated heterocycles. The fourth-order valence-corrected chi connectivity index (χ4v) is 2.90. The number of rotatable bonds is 13. The van der Waals surface area contributed by atoms with Gasteiger partial charge in [-0.15, -0.1) is 0 Å². The van der Waals surface area contributed by atoms with Gasteiger partial charge in [0.05, 0.1) is 12.1 Å². The normalized spacial score (nSPS) is 17.3. The lowest BCUT2D eigenvalue weighted by molar-refractivity contribution is -0.143. The van der Waals surface area contributed by atoms with Crippen LogP contribution in [-0.4, -0.2) is 64.2 Å². The number of carboxylic acids is 1. The molecule has 3 amide bonds. The molecule has 0 radical (unpaired) electrons. The van der Waals surface area contributed by atoms with Crippen LogP contribution in [0.4, 0.5) is 0 Å². The summed E-state index contributed by atoms with van der Waals surface area (Å²) in [5.41, 5.74) is 5.90. The molecular formula is C21H40N4O6. The molecule has 0 saturated carbocycles. The second-order valence-corrected chi connectivity index (χ2v) is 8.90. The molecule has 0 aromatic heterocycles. The predicted octanol–water partition coefficient (Wildman–Crippen LogP) is -0.0183. The Morgan fingerprint density at radius 1 is 0.839 bits per heavy atom. The summed E-state index contributed by atoms with van der Waals surface area (Å²) in [4.78, 5) is 49.3. The van der Waals surface area contributed by atoms with Crippen molar-refractivity contribution < 1.29 is 29.4 Å². The van der Waals surface area contributed by atoms with Crippen LogP contribution in [0.1, 0.15) is 61.3 Å². The lowest BCUT2D eigenvalue weighted by Crippen LogP contribution is -2.61. The molecular weight excluding hydrogens is 404 g/mol. The highest BCUT2D eigenvalue weighted by molar-refractivity contribution is 5.94. The molecule has 6 unspecified atom stereocenters. The molecule has 6 atom stereocenters. The molecule has 0 aliphatic heterocycles. The number of carbonyl (C=O) groups is 4. The average molecular weight is 445 g/mol. The van der Waals surface area contributed by atoms with E-state index in [9.17, 15) is 29.4 Å². The smallest absolute Gasteiger partial charge is 0.326 e. The zero-order chi connectivity index (χ0) is 24.5. The minimum atomic E-state index is -1.32. The van der Waals surface area contributed by atoms with Gasteiger partial charge in [-0.1, -0.05) is 48.0 Å². The fourth-order valence-electron chi connectivity index (χ4n) is 2.90. The van der Waals surface area contributed by atoms with Crippen LogP contribution in [0.15, 0.2) is 0 Å². The highest BCUT2D eigenvalue weighted by atomic mass is 16.4. The van der Waals surface area contributed by atoms with Crippen LogP contribution in [0.3, 0.4) is 0 Å². The summed E-state index contributed by atoms with van der Waals surface area (Å²) in [6.07, 6.45) is -0.340. The minimum absolute atomic E-state index is 0.0399. The van der Waals surface area contributed by atoms with Crippen molar-refractivity contribution in [3.05, 3.63) is 0 Å². The number of carboxylic acid groups (broad SMARTS) is 1. The second kappa shape index (κ2) is 13.3. The Bertz CT molecular complexity index is 623. The molecule has 0 aliphatic carbocycles. The van der Waals surface area contributed by atoms with E-state index >= 15 is 0 Å². The molecule has 0 fully saturated rings. The summed E-state index contributed by atoms with van der Waals surface area (Å²) in [6.45, 7) is 12.1. The Morgan fingerprint density at radius 3 is 1.71 bits per heavy atom. The van der Waals surface area contributed by atoms with E-state index in [1.54, 1.807) is 20.8 Å². The Kier molecular flexibility index (Phi) is 12.3. The first-order valence-corrected chi connectivity index (χ1v) is 10.8. The van der Waals surface area contributed by atoms with Crippen LogP contribution in [0, 0.1) is 17.8 Å². The number of hydrogen-bond acceptors (Lipinski definition) is 6. The molecule has 0 heterocycles. The number of amides is 3. The first-order chi connectivity index (χ1) is 14.2. The third kappa shape index (κ3) is 9.65. The largest absolute Gasteiger partial charge is 0.480 e. The van der Waals surface area contributed by atoms with Crippen LogP contribution in [0.2, 0.25) is 0 Å². The molecule has 0 aromatic carbocycles. The van der Waals surface area contributed by atoms with Gasteiger partial charge in [-0.05, 0) is 31.1 Å². The number of aliphatic hydroxyl groups excluding tert-OH is 1. The van der Waals surface area contributed by atoms with Gasteiger partial charge >= 0.3 is 5.97 Å². The predicted molar refractivity (Wildman–Crippen MR) is 117 cm³/mol. The Labute approximate surface area is 184 Å². The molecule has 31 heavy (non-hydrogen) atoms. The molecule has 180 valence electrons. The van der Waals surface area contributed by atoms with E-state index in [0.717, 1.165) is 0 Å². The molecule has 10 heteroatoms. The van der Waals surface area contributed by atoms with E-state index in [-0.39, 0.29) is 24.2 Å². The summed E-state index contributed by atoms with van der Waals surface area (Å²) in [6, 6.07) is -4.31. The number of carbonyl (C=O) groups excluding carboxylic acids is 3. The standard InChI is InChI=1S/C21H40N4O6/c1-8-12(6)15(22)18(27)25-17(13(7)26)20(29)24-16(11(4)5)19(28)23-14(21(30)31)9-10(2)3/h10-17,26H,8-9,22H2,1-7H3,(H,23,28)(H,24,29)(H,25,27)(H,30,31). The van der Waals surface area contributed by atoms with Gasteiger partial charge in [-0.25, -0.2) is 4.79 Å². The first-order valence-electron chi connectivity index (χ1n) is 10.8. The van der Waals surface area contributed by atoms with Crippen LogP contribution >= 0.6 is 0 Å². The highest BCUT2D eigenvalue weighted by Gasteiger charge is 2.34. The average Bonchev–Trinajstić information content (AvgIpc) is 2.66. The summed E-state index contributed by atoms with van der Waals surface area (Å²) < 4.78 is 0. The van der Waals surface area contributed by atoms with Crippen LogP contribution in [-0.2, 0) is 19.2 Å². The molecule has 0 rings (SSSR count). The Hall–Kier alpha value is -2.20. The van der Waals surface area contributed by atoms with E-state index < -0.39 is 54.0 Å². The van der Waals surface area contributed by atoms with E-state index in [0.29, 0.717) is 6.42 Å². The lowest BCUT2D eigenvalue weighted by atomic mass is 9.98. The van der Waals surface area contributed by atoms with E-state index in [4.69, 9.17) is 5.73 Å². The van der Waals surface area contributed by atoms with Crippen molar-refractivity contribution in [1.29, 1.82) is 0 Å². The zero-order valence-electron chi connectivity index (χ0n) is 19.6. The number of aliphatic carboxylic acids is 1. The lowest BCUT2D eigenvalue weighted by Gasteiger charge is -2.28. The maximum absolute atomic E-state index is 12.8. The fraction of sp³-hybridized carbons (Fsp3) is 0.810. The quantitative estimate of drug-likeness (QED) is 0.232. The molecule has 0 bridgehead atoms. The van der Waals surface area contributed by atoms with Gasteiger partial charge in [0.25, 0.3) is 0 Å². The summed E-state index contributed by atoms with van der Waals surface area (Å²) in [5.74, 6) is -3.61. The maximum atomic E-state index is 12.8. The first kappa shape index (κ1) is 28.8. The van der Waals surface area contributed by atoms with Gasteiger partial charge in [0.1, 0.15) is 18.1 Å². The maximum Gasteiger partial charge on any atom is 0.326 e. The molecule has 0 aliphatic rings. The van der Waals surface area contributed by atoms with Crippen molar-refractivity contribution >= 4 is 23.7 Å². The molecule has 10 nitrogen and oxygen atoms in total.